The van der Waals surface area contributed by atoms with E-state index in [2.05, 4.69) is 16.9 Å². The van der Waals surface area contributed by atoms with Gasteiger partial charge in [0.05, 0.1) is 0 Å². The Hall–Kier alpha value is -2.50. The van der Waals surface area contributed by atoms with Crippen LogP contribution >= 0.6 is 0 Å². The highest BCUT2D eigenvalue weighted by atomic mass is 16.6. The lowest BCUT2D eigenvalue weighted by Gasteiger charge is -2.19. The fraction of sp³-hybridized carbons (Fsp3) is 0.375. The van der Waals surface area contributed by atoms with Gasteiger partial charge in [0.15, 0.2) is 11.5 Å². The minimum atomic E-state index is -0.378. The van der Waals surface area contributed by atoms with Gasteiger partial charge in [-0.15, -0.1) is 0 Å². The second-order valence-corrected chi connectivity index (χ2v) is 5.28. The monoisotopic (exact) mass is 302 g/mol. The van der Waals surface area contributed by atoms with Crippen LogP contribution in [0.15, 0.2) is 30.4 Å². The maximum absolute atomic E-state index is 12.1. The summed E-state index contributed by atoms with van der Waals surface area (Å²) in [5.41, 5.74) is 5.34. The van der Waals surface area contributed by atoms with Crippen molar-refractivity contribution in [2.45, 2.75) is 19.3 Å². The van der Waals surface area contributed by atoms with Crippen molar-refractivity contribution < 1.29 is 19.1 Å². The summed E-state index contributed by atoms with van der Waals surface area (Å²) in [6.07, 6.45) is 6.48. The molecule has 6 heteroatoms. The summed E-state index contributed by atoms with van der Waals surface area (Å²) in [6.45, 7) is 0.967. The standard InChI is InChI=1S/C16H18N2O4/c19-15(11-4-2-1-3-5-11)17-18-16(20)12-6-7-13-14(10-12)22-9-8-21-13/h1-2,6-7,10-11H,3-5,8-9H2,(H,17,19)(H,18,20). The first-order chi connectivity index (χ1) is 10.7. The summed E-state index contributed by atoms with van der Waals surface area (Å²) in [6, 6.07) is 4.94. The number of hydrogen-bond donors (Lipinski definition) is 2. The number of nitrogens with one attached hydrogen (secondary N) is 2. The molecule has 1 aliphatic heterocycles. The predicted molar refractivity (Wildman–Crippen MR) is 79.5 cm³/mol. The lowest BCUT2D eigenvalue weighted by atomic mass is 9.94. The highest BCUT2D eigenvalue weighted by Gasteiger charge is 2.20. The van der Waals surface area contributed by atoms with Gasteiger partial charge in [-0.05, 0) is 37.5 Å². The molecule has 2 aliphatic rings. The normalized spacial score (nSPS) is 19.4. The van der Waals surface area contributed by atoms with E-state index in [0.717, 1.165) is 12.8 Å². The second-order valence-electron chi connectivity index (χ2n) is 5.28. The molecule has 0 saturated carbocycles. The van der Waals surface area contributed by atoms with Gasteiger partial charge in [-0.2, -0.15) is 0 Å². The third kappa shape index (κ3) is 3.21. The summed E-state index contributed by atoms with van der Waals surface area (Å²) in [4.78, 5) is 24.0. The smallest absolute Gasteiger partial charge is 0.269 e. The Labute approximate surface area is 128 Å². The summed E-state index contributed by atoms with van der Waals surface area (Å²) in [5.74, 6) is 0.556. The molecule has 0 radical (unpaired) electrons. The van der Waals surface area contributed by atoms with Gasteiger partial charge >= 0.3 is 0 Å². The van der Waals surface area contributed by atoms with Gasteiger partial charge in [-0.25, -0.2) is 0 Å². The van der Waals surface area contributed by atoms with Crippen molar-refractivity contribution in [2.24, 2.45) is 5.92 Å². The van der Waals surface area contributed by atoms with Crippen molar-refractivity contribution >= 4 is 11.8 Å². The fourth-order valence-corrected chi connectivity index (χ4v) is 2.51. The van der Waals surface area contributed by atoms with Crippen LogP contribution in [-0.2, 0) is 4.79 Å². The highest BCUT2D eigenvalue weighted by Crippen LogP contribution is 2.30. The van der Waals surface area contributed by atoms with Crippen LogP contribution in [0.2, 0.25) is 0 Å². The molecule has 1 aromatic carbocycles. The third-order valence-corrected chi connectivity index (χ3v) is 3.74. The summed E-state index contributed by atoms with van der Waals surface area (Å²) < 4.78 is 10.8. The number of allylic oxidation sites excluding steroid dienone is 2. The van der Waals surface area contributed by atoms with E-state index in [4.69, 9.17) is 9.47 Å². The minimum Gasteiger partial charge on any atom is -0.486 e. The molecule has 0 spiro atoms. The number of carbonyl (C=O) groups is 2. The van der Waals surface area contributed by atoms with Gasteiger partial charge in [0, 0.05) is 11.5 Å². The molecular weight excluding hydrogens is 284 g/mol. The van der Waals surface area contributed by atoms with Crippen LogP contribution in [0.25, 0.3) is 0 Å². The molecule has 0 bridgehead atoms. The molecule has 1 aromatic rings. The topological polar surface area (TPSA) is 76.7 Å². The van der Waals surface area contributed by atoms with E-state index >= 15 is 0 Å². The Morgan fingerprint density at radius 3 is 2.64 bits per heavy atom. The van der Waals surface area contributed by atoms with E-state index in [0.29, 0.717) is 36.7 Å². The number of ether oxygens (including phenoxy) is 2. The first-order valence-corrected chi connectivity index (χ1v) is 7.39. The van der Waals surface area contributed by atoms with E-state index in [9.17, 15) is 9.59 Å². The Morgan fingerprint density at radius 1 is 1.05 bits per heavy atom. The first-order valence-electron chi connectivity index (χ1n) is 7.39. The minimum absolute atomic E-state index is 0.0782. The SMILES string of the molecule is O=C(NNC(=O)C1CC=CCC1)c1ccc2c(c1)OCCO2. The van der Waals surface area contributed by atoms with Gasteiger partial charge in [0.1, 0.15) is 13.2 Å². The van der Waals surface area contributed by atoms with E-state index in [1.807, 2.05) is 6.08 Å². The Morgan fingerprint density at radius 2 is 1.86 bits per heavy atom. The average molecular weight is 302 g/mol. The van der Waals surface area contributed by atoms with Crippen molar-refractivity contribution in [1.29, 1.82) is 0 Å². The maximum atomic E-state index is 12.1. The largest absolute Gasteiger partial charge is 0.486 e. The molecule has 0 fully saturated rings. The van der Waals surface area contributed by atoms with Crippen LogP contribution in [0.1, 0.15) is 29.6 Å². The van der Waals surface area contributed by atoms with Crippen LogP contribution in [0, 0.1) is 5.92 Å². The van der Waals surface area contributed by atoms with Crippen LogP contribution in [-0.4, -0.2) is 25.0 Å². The molecule has 2 amide bonds. The molecule has 6 nitrogen and oxygen atoms in total. The zero-order valence-corrected chi connectivity index (χ0v) is 12.1. The number of hydrazine groups is 1. The molecule has 1 aliphatic carbocycles. The average Bonchev–Trinajstić information content (AvgIpc) is 2.59. The van der Waals surface area contributed by atoms with Gasteiger partial charge < -0.3 is 9.47 Å². The summed E-state index contributed by atoms with van der Waals surface area (Å²) >= 11 is 0. The molecule has 116 valence electrons. The van der Waals surface area contributed by atoms with Crippen molar-refractivity contribution in [2.75, 3.05) is 13.2 Å². The highest BCUT2D eigenvalue weighted by molar-refractivity contribution is 5.96. The number of fused-ring (bicyclic) bond motifs is 1. The number of hydrogen-bond acceptors (Lipinski definition) is 4. The number of benzene rings is 1. The molecule has 1 heterocycles. The molecular formula is C16H18N2O4. The fourth-order valence-electron chi connectivity index (χ4n) is 2.51. The molecule has 22 heavy (non-hydrogen) atoms. The molecule has 1 unspecified atom stereocenters. The van der Waals surface area contributed by atoms with Crippen molar-refractivity contribution in [1.82, 2.24) is 10.9 Å². The quantitative estimate of drug-likeness (QED) is 0.642. The zero-order valence-electron chi connectivity index (χ0n) is 12.1. The number of amides is 2. The van der Waals surface area contributed by atoms with E-state index in [-0.39, 0.29) is 17.7 Å². The Bertz CT molecular complexity index is 612. The summed E-state index contributed by atoms with van der Waals surface area (Å²) in [5, 5.41) is 0. The van der Waals surface area contributed by atoms with Crippen LogP contribution in [0.3, 0.4) is 0 Å². The van der Waals surface area contributed by atoms with Crippen molar-refractivity contribution in [3.05, 3.63) is 35.9 Å². The van der Waals surface area contributed by atoms with Crippen LogP contribution in [0.5, 0.6) is 11.5 Å². The molecule has 2 N–H and O–H groups in total. The van der Waals surface area contributed by atoms with Gasteiger partial charge in [-0.3, -0.25) is 20.4 Å². The Kier molecular flexibility index (Phi) is 4.27. The molecule has 0 saturated heterocycles. The van der Waals surface area contributed by atoms with Crippen LogP contribution in [0.4, 0.5) is 0 Å². The first kappa shape index (κ1) is 14.4. The lowest BCUT2D eigenvalue weighted by molar-refractivity contribution is -0.126. The van der Waals surface area contributed by atoms with E-state index < -0.39 is 0 Å². The van der Waals surface area contributed by atoms with Crippen LogP contribution < -0.4 is 20.3 Å². The molecule has 3 rings (SSSR count). The predicted octanol–water partition coefficient (Wildman–Crippen LogP) is 1.58. The van der Waals surface area contributed by atoms with Crippen molar-refractivity contribution in [3.8, 4) is 11.5 Å². The summed E-state index contributed by atoms with van der Waals surface area (Å²) in [7, 11) is 0. The number of rotatable bonds is 2. The van der Waals surface area contributed by atoms with Crippen molar-refractivity contribution in [3.63, 3.8) is 0 Å². The second kappa shape index (κ2) is 6.51. The number of carbonyl (C=O) groups excluding carboxylic acids is 2. The third-order valence-electron chi connectivity index (χ3n) is 3.74. The lowest BCUT2D eigenvalue weighted by Crippen LogP contribution is -2.44. The molecule has 0 aromatic heterocycles. The maximum Gasteiger partial charge on any atom is 0.269 e. The molecule has 1 atom stereocenters. The zero-order chi connectivity index (χ0) is 15.4. The van der Waals surface area contributed by atoms with Gasteiger partial charge in [-0.1, -0.05) is 12.2 Å². The van der Waals surface area contributed by atoms with E-state index in [1.54, 1.807) is 18.2 Å². The van der Waals surface area contributed by atoms with Gasteiger partial charge in [0.2, 0.25) is 5.91 Å². The van der Waals surface area contributed by atoms with Gasteiger partial charge in [0.25, 0.3) is 5.91 Å². The van der Waals surface area contributed by atoms with E-state index in [1.165, 1.54) is 0 Å². The Balaban J connectivity index is 1.57.